The lowest BCUT2D eigenvalue weighted by Gasteiger charge is -1.96. The van der Waals surface area contributed by atoms with E-state index in [0.717, 1.165) is 0 Å². The molecule has 0 unspecified atom stereocenters. The maximum atomic E-state index is 11.9. The second-order valence-corrected chi connectivity index (χ2v) is 4.97. The molecule has 96 valence electrons. The number of hydrogen-bond acceptors (Lipinski definition) is 3. The standard InChI is InChI=1S/C6H5F.C6H8N2O2S/c7-6-4-2-1-3-5-6;7-5-1-3-6(4-2-5)11(8,9)10/h1-5H;1-4H,7H2,(H2,8,9,10). The van der Waals surface area contributed by atoms with Crippen LogP contribution in [0.5, 0.6) is 0 Å². The number of sulfonamides is 1. The fourth-order valence-electron chi connectivity index (χ4n) is 1.07. The third-order valence-electron chi connectivity index (χ3n) is 1.94. The zero-order valence-electron chi connectivity index (χ0n) is 9.45. The Morgan fingerprint density at radius 2 is 1.39 bits per heavy atom. The van der Waals surface area contributed by atoms with E-state index in [0.29, 0.717) is 5.69 Å². The van der Waals surface area contributed by atoms with E-state index in [9.17, 15) is 12.8 Å². The first-order valence-corrected chi connectivity index (χ1v) is 6.53. The van der Waals surface area contributed by atoms with E-state index < -0.39 is 10.0 Å². The summed E-state index contributed by atoms with van der Waals surface area (Å²) < 4.78 is 33.3. The molecule has 0 aliphatic carbocycles. The van der Waals surface area contributed by atoms with E-state index in [-0.39, 0.29) is 10.7 Å². The van der Waals surface area contributed by atoms with Gasteiger partial charge in [0.15, 0.2) is 0 Å². The highest BCUT2D eigenvalue weighted by atomic mass is 32.2. The molecule has 6 heteroatoms. The molecule has 0 spiro atoms. The van der Waals surface area contributed by atoms with Crippen molar-refractivity contribution in [2.24, 2.45) is 5.14 Å². The van der Waals surface area contributed by atoms with E-state index in [1.807, 2.05) is 0 Å². The zero-order valence-corrected chi connectivity index (χ0v) is 10.3. The highest BCUT2D eigenvalue weighted by molar-refractivity contribution is 7.89. The average Bonchev–Trinajstić information content (AvgIpc) is 2.30. The Morgan fingerprint density at radius 3 is 1.72 bits per heavy atom. The van der Waals surface area contributed by atoms with Crippen LogP contribution in [0.15, 0.2) is 59.5 Å². The molecule has 0 atom stereocenters. The molecule has 0 bridgehead atoms. The van der Waals surface area contributed by atoms with Gasteiger partial charge in [-0.05, 0) is 36.4 Å². The number of rotatable bonds is 1. The van der Waals surface area contributed by atoms with Gasteiger partial charge in [0.1, 0.15) is 5.82 Å². The van der Waals surface area contributed by atoms with Gasteiger partial charge in [0.2, 0.25) is 10.0 Å². The van der Waals surface area contributed by atoms with Crippen LogP contribution in [0, 0.1) is 5.82 Å². The van der Waals surface area contributed by atoms with Crippen LogP contribution >= 0.6 is 0 Å². The second-order valence-electron chi connectivity index (χ2n) is 3.41. The summed E-state index contributed by atoms with van der Waals surface area (Å²) in [7, 11) is -3.58. The molecule has 0 fully saturated rings. The molecular formula is C12H13FN2O2S. The molecule has 2 aromatic carbocycles. The fourth-order valence-corrected chi connectivity index (χ4v) is 1.59. The monoisotopic (exact) mass is 268 g/mol. The van der Waals surface area contributed by atoms with E-state index in [4.69, 9.17) is 10.9 Å². The first-order valence-electron chi connectivity index (χ1n) is 4.98. The van der Waals surface area contributed by atoms with Crippen LogP contribution in [0.3, 0.4) is 0 Å². The van der Waals surface area contributed by atoms with Gasteiger partial charge in [0, 0.05) is 5.69 Å². The quantitative estimate of drug-likeness (QED) is 0.772. The Labute approximate surface area is 105 Å². The number of primary sulfonamides is 1. The summed E-state index contributed by atoms with van der Waals surface area (Å²) >= 11 is 0. The summed E-state index contributed by atoms with van der Waals surface area (Å²) in [4.78, 5) is 0.0756. The normalized spacial score (nSPS) is 10.3. The number of anilines is 1. The highest BCUT2D eigenvalue weighted by Gasteiger charge is 2.04. The van der Waals surface area contributed by atoms with Gasteiger partial charge in [-0.3, -0.25) is 0 Å². The Morgan fingerprint density at radius 1 is 0.889 bits per heavy atom. The number of nitrogens with two attached hydrogens (primary N) is 2. The molecular weight excluding hydrogens is 255 g/mol. The number of nitrogen functional groups attached to an aromatic ring is 1. The van der Waals surface area contributed by atoms with Crippen LogP contribution in [-0.2, 0) is 10.0 Å². The number of benzene rings is 2. The lowest BCUT2D eigenvalue weighted by atomic mass is 10.3. The maximum Gasteiger partial charge on any atom is 0.238 e. The molecule has 0 aliphatic heterocycles. The minimum absolute atomic E-state index is 0.0756. The van der Waals surface area contributed by atoms with Crippen molar-refractivity contribution in [2.45, 2.75) is 4.90 Å². The molecule has 0 heterocycles. The van der Waals surface area contributed by atoms with Gasteiger partial charge in [-0.1, -0.05) is 18.2 Å². The molecule has 0 saturated carbocycles. The number of hydrogen-bond donors (Lipinski definition) is 2. The molecule has 4 N–H and O–H groups in total. The summed E-state index contributed by atoms with van der Waals surface area (Å²) in [5.74, 6) is -0.178. The van der Waals surface area contributed by atoms with Crippen molar-refractivity contribution in [3.05, 3.63) is 60.4 Å². The Balaban J connectivity index is 0.000000199. The van der Waals surface area contributed by atoms with Crippen LogP contribution in [0.25, 0.3) is 0 Å². The summed E-state index contributed by atoms with van der Waals surface area (Å²) in [5, 5.41) is 4.84. The summed E-state index contributed by atoms with van der Waals surface area (Å²) in [6.07, 6.45) is 0. The third kappa shape index (κ3) is 4.94. The van der Waals surface area contributed by atoms with Crippen molar-refractivity contribution >= 4 is 15.7 Å². The maximum absolute atomic E-state index is 11.9. The van der Waals surface area contributed by atoms with E-state index in [2.05, 4.69) is 0 Å². The van der Waals surface area contributed by atoms with Gasteiger partial charge in [0.25, 0.3) is 0 Å². The molecule has 0 amide bonds. The van der Waals surface area contributed by atoms with Crippen LogP contribution in [0.1, 0.15) is 0 Å². The lowest BCUT2D eigenvalue weighted by molar-refractivity contribution is 0.598. The Kier molecular flexibility index (Phi) is 4.82. The molecule has 0 aliphatic rings. The number of halogens is 1. The summed E-state index contributed by atoms with van der Waals surface area (Å²) in [6, 6.07) is 13.6. The molecule has 2 rings (SSSR count). The van der Waals surface area contributed by atoms with Gasteiger partial charge in [-0.15, -0.1) is 0 Å². The highest BCUT2D eigenvalue weighted by Crippen LogP contribution is 2.08. The fraction of sp³-hybridized carbons (Fsp3) is 0. The zero-order chi connectivity index (χ0) is 13.6. The van der Waals surface area contributed by atoms with Crippen LogP contribution in [0.2, 0.25) is 0 Å². The summed E-state index contributed by atoms with van der Waals surface area (Å²) in [5.41, 5.74) is 5.85. The van der Waals surface area contributed by atoms with Gasteiger partial charge in [-0.2, -0.15) is 0 Å². The minimum Gasteiger partial charge on any atom is -0.399 e. The molecule has 0 radical (unpaired) electrons. The smallest absolute Gasteiger partial charge is 0.238 e. The van der Waals surface area contributed by atoms with Gasteiger partial charge in [-0.25, -0.2) is 17.9 Å². The van der Waals surface area contributed by atoms with Crippen molar-refractivity contribution in [1.29, 1.82) is 0 Å². The van der Waals surface area contributed by atoms with E-state index >= 15 is 0 Å². The molecule has 4 nitrogen and oxygen atoms in total. The predicted octanol–water partition coefficient (Wildman–Crippen LogP) is 1.74. The van der Waals surface area contributed by atoms with Crippen molar-refractivity contribution in [3.8, 4) is 0 Å². The van der Waals surface area contributed by atoms with E-state index in [1.54, 1.807) is 18.2 Å². The second kappa shape index (κ2) is 6.13. The van der Waals surface area contributed by atoms with Gasteiger partial charge < -0.3 is 5.73 Å². The van der Waals surface area contributed by atoms with Crippen molar-refractivity contribution < 1.29 is 12.8 Å². The van der Waals surface area contributed by atoms with Crippen molar-refractivity contribution in [2.75, 3.05) is 5.73 Å². The molecule has 18 heavy (non-hydrogen) atoms. The Bertz CT molecular complexity index is 583. The lowest BCUT2D eigenvalue weighted by Crippen LogP contribution is -2.11. The largest absolute Gasteiger partial charge is 0.399 e. The summed E-state index contributed by atoms with van der Waals surface area (Å²) in [6.45, 7) is 0. The van der Waals surface area contributed by atoms with Crippen molar-refractivity contribution in [1.82, 2.24) is 0 Å². The van der Waals surface area contributed by atoms with Crippen LogP contribution in [0.4, 0.5) is 10.1 Å². The molecule has 0 saturated heterocycles. The Hall–Kier alpha value is -1.92. The van der Waals surface area contributed by atoms with Crippen LogP contribution in [-0.4, -0.2) is 8.42 Å². The predicted molar refractivity (Wildman–Crippen MR) is 68.6 cm³/mol. The third-order valence-corrected chi connectivity index (χ3v) is 2.87. The molecule has 0 aromatic heterocycles. The topological polar surface area (TPSA) is 86.2 Å². The SMILES string of the molecule is Fc1ccccc1.Nc1ccc(S(N)(=O)=O)cc1. The first-order chi connectivity index (χ1) is 8.39. The molecule has 2 aromatic rings. The van der Waals surface area contributed by atoms with Gasteiger partial charge in [0.05, 0.1) is 4.90 Å². The minimum atomic E-state index is -3.58. The van der Waals surface area contributed by atoms with Crippen LogP contribution < -0.4 is 10.9 Å². The van der Waals surface area contributed by atoms with E-state index in [1.165, 1.54) is 36.4 Å². The van der Waals surface area contributed by atoms with Crippen molar-refractivity contribution in [3.63, 3.8) is 0 Å². The van der Waals surface area contributed by atoms with Gasteiger partial charge >= 0.3 is 0 Å². The average molecular weight is 268 g/mol. The first kappa shape index (κ1) is 14.1.